The highest BCUT2D eigenvalue weighted by Crippen LogP contribution is 2.27. The molecule has 20 heavy (non-hydrogen) atoms. The number of likely N-dealkylation sites (N-methyl/N-ethyl adjacent to an activating group) is 2. The van der Waals surface area contributed by atoms with Crippen LogP contribution in [0.5, 0.6) is 0 Å². The molecule has 0 amide bonds. The lowest BCUT2D eigenvalue weighted by molar-refractivity contribution is -0.142. The van der Waals surface area contributed by atoms with Crippen LogP contribution in [0, 0.1) is 10.8 Å². The summed E-state index contributed by atoms with van der Waals surface area (Å²) in [7, 11) is 7.45. The Kier molecular flexibility index (Phi) is 6.12. The molecule has 0 saturated heterocycles. The third kappa shape index (κ3) is 4.67. The summed E-state index contributed by atoms with van der Waals surface area (Å²) in [4.78, 5) is 29.3. The molecule has 0 aliphatic rings. The van der Waals surface area contributed by atoms with Crippen molar-refractivity contribution in [2.45, 2.75) is 53.6 Å². The number of Topliss-reactive ketones (excluding diaryl/α,β-unsaturated/α-hetero) is 2. The number of rotatable bonds is 5. The predicted octanol–water partition coefficient (Wildman–Crippen LogP) is 2.08. The number of hydrogen-bond donors (Lipinski definition) is 0. The number of carbonyl (C=O) groups is 2. The summed E-state index contributed by atoms with van der Waals surface area (Å²) in [6.07, 6.45) is 0. The lowest BCUT2D eigenvalue weighted by Crippen LogP contribution is -2.59. The van der Waals surface area contributed by atoms with Crippen molar-refractivity contribution in [3.05, 3.63) is 0 Å². The highest BCUT2D eigenvalue weighted by molar-refractivity contribution is 5.98. The van der Waals surface area contributed by atoms with Gasteiger partial charge in [-0.1, -0.05) is 41.5 Å². The Balaban J connectivity index is 5.73. The van der Waals surface area contributed by atoms with Crippen molar-refractivity contribution < 1.29 is 9.59 Å². The average molecular weight is 284 g/mol. The van der Waals surface area contributed by atoms with Crippen molar-refractivity contribution in [3.63, 3.8) is 0 Å². The molecule has 0 bridgehead atoms. The minimum atomic E-state index is -0.471. The quantitative estimate of drug-likeness (QED) is 0.775. The fourth-order valence-electron chi connectivity index (χ4n) is 2.21. The van der Waals surface area contributed by atoms with E-state index < -0.39 is 22.9 Å². The van der Waals surface area contributed by atoms with Gasteiger partial charge in [0.1, 0.15) is 0 Å². The molecule has 0 radical (unpaired) electrons. The van der Waals surface area contributed by atoms with Crippen molar-refractivity contribution >= 4 is 11.6 Å². The van der Waals surface area contributed by atoms with Crippen LogP contribution >= 0.6 is 0 Å². The Morgan fingerprint density at radius 1 is 0.650 bits per heavy atom. The zero-order chi connectivity index (χ0) is 16.5. The molecule has 118 valence electrons. The maximum atomic E-state index is 12.8. The second-order valence-corrected chi connectivity index (χ2v) is 8.05. The number of ketones is 2. The molecule has 0 N–H and O–H groups in total. The lowest BCUT2D eigenvalue weighted by atomic mass is 9.77. The second-order valence-electron chi connectivity index (χ2n) is 8.05. The van der Waals surface area contributed by atoms with Gasteiger partial charge in [0, 0.05) is 10.8 Å². The molecule has 2 atom stereocenters. The lowest BCUT2D eigenvalue weighted by Gasteiger charge is -2.40. The fraction of sp³-hybridized carbons (Fsp3) is 0.875. The van der Waals surface area contributed by atoms with Crippen LogP contribution in [-0.4, -0.2) is 61.6 Å². The SMILES string of the molecule is CN(C)C(C(=O)C(C)(C)C)C(C(=O)C(C)(C)C)N(C)C. The van der Waals surface area contributed by atoms with Crippen LogP contribution in [-0.2, 0) is 9.59 Å². The zero-order valence-electron chi connectivity index (χ0n) is 14.9. The fourth-order valence-corrected chi connectivity index (χ4v) is 2.21. The van der Waals surface area contributed by atoms with Gasteiger partial charge in [-0.15, -0.1) is 0 Å². The third-order valence-electron chi connectivity index (χ3n) is 3.43. The summed E-state index contributed by atoms with van der Waals surface area (Å²) >= 11 is 0. The normalized spacial score (nSPS) is 16.4. The number of nitrogens with zero attached hydrogens (tertiary/aromatic N) is 2. The topological polar surface area (TPSA) is 40.6 Å². The minimum Gasteiger partial charge on any atom is -0.298 e. The van der Waals surface area contributed by atoms with Gasteiger partial charge in [-0.25, -0.2) is 0 Å². The number of carbonyl (C=O) groups excluding carboxylic acids is 2. The highest BCUT2D eigenvalue weighted by atomic mass is 16.1. The highest BCUT2D eigenvalue weighted by Gasteiger charge is 2.43. The molecular weight excluding hydrogens is 252 g/mol. The van der Waals surface area contributed by atoms with Crippen molar-refractivity contribution in [2.24, 2.45) is 10.8 Å². The van der Waals surface area contributed by atoms with Gasteiger partial charge in [0.2, 0.25) is 0 Å². The smallest absolute Gasteiger partial charge is 0.157 e. The van der Waals surface area contributed by atoms with E-state index in [9.17, 15) is 9.59 Å². The van der Waals surface area contributed by atoms with Crippen molar-refractivity contribution in [3.8, 4) is 0 Å². The Morgan fingerprint density at radius 3 is 0.950 bits per heavy atom. The van der Waals surface area contributed by atoms with Gasteiger partial charge in [-0.3, -0.25) is 19.4 Å². The third-order valence-corrected chi connectivity index (χ3v) is 3.43. The minimum absolute atomic E-state index is 0.0961. The summed E-state index contributed by atoms with van der Waals surface area (Å²) in [5.41, 5.74) is -0.942. The summed E-state index contributed by atoms with van der Waals surface area (Å²) in [5, 5.41) is 0. The molecule has 0 rings (SSSR count). The van der Waals surface area contributed by atoms with Gasteiger partial charge in [-0.2, -0.15) is 0 Å². The van der Waals surface area contributed by atoms with Crippen LogP contribution < -0.4 is 0 Å². The van der Waals surface area contributed by atoms with Crippen LogP contribution in [0.3, 0.4) is 0 Å². The van der Waals surface area contributed by atoms with Gasteiger partial charge in [0.15, 0.2) is 11.6 Å². The standard InChI is InChI=1S/C16H32N2O2/c1-15(2,3)13(19)11(17(7)8)12(18(9)10)14(20)16(4,5)6/h11-12H,1-10H3. The van der Waals surface area contributed by atoms with Gasteiger partial charge in [0.25, 0.3) is 0 Å². The van der Waals surface area contributed by atoms with Gasteiger partial charge >= 0.3 is 0 Å². The van der Waals surface area contributed by atoms with Gasteiger partial charge in [-0.05, 0) is 28.2 Å². The molecule has 0 spiro atoms. The monoisotopic (exact) mass is 284 g/mol. The zero-order valence-corrected chi connectivity index (χ0v) is 14.9. The van der Waals surface area contributed by atoms with E-state index in [0.717, 1.165) is 0 Å². The van der Waals surface area contributed by atoms with Gasteiger partial charge in [0.05, 0.1) is 12.1 Å². The molecule has 0 aromatic heterocycles. The first-order valence-electron chi connectivity index (χ1n) is 7.12. The van der Waals surface area contributed by atoms with E-state index >= 15 is 0 Å². The maximum absolute atomic E-state index is 12.8. The Hall–Kier alpha value is -0.740. The van der Waals surface area contributed by atoms with Crippen molar-refractivity contribution in [1.29, 1.82) is 0 Å². The predicted molar refractivity (Wildman–Crippen MR) is 83.9 cm³/mol. The van der Waals surface area contributed by atoms with Crippen LogP contribution in [0.1, 0.15) is 41.5 Å². The van der Waals surface area contributed by atoms with Gasteiger partial charge < -0.3 is 0 Å². The molecule has 0 heterocycles. The van der Waals surface area contributed by atoms with E-state index in [1.807, 2.05) is 79.5 Å². The Morgan fingerprint density at radius 2 is 0.850 bits per heavy atom. The largest absolute Gasteiger partial charge is 0.298 e. The van der Waals surface area contributed by atoms with Crippen LogP contribution in [0.4, 0.5) is 0 Å². The van der Waals surface area contributed by atoms with E-state index in [1.165, 1.54) is 0 Å². The molecule has 4 heteroatoms. The van der Waals surface area contributed by atoms with E-state index in [4.69, 9.17) is 0 Å². The molecule has 2 unspecified atom stereocenters. The summed E-state index contributed by atoms with van der Waals surface area (Å²) in [6, 6.07) is -0.867. The molecule has 4 nitrogen and oxygen atoms in total. The first-order chi connectivity index (χ1) is 8.71. The molecule has 0 fully saturated rings. The second kappa shape index (κ2) is 6.35. The average Bonchev–Trinajstić information content (AvgIpc) is 2.19. The first kappa shape index (κ1) is 19.3. The summed E-state index contributed by atoms with van der Waals surface area (Å²) in [5.74, 6) is 0.192. The van der Waals surface area contributed by atoms with E-state index in [0.29, 0.717) is 0 Å². The first-order valence-corrected chi connectivity index (χ1v) is 7.12. The maximum Gasteiger partial charge on any atom is 0.157 e. The van der Waals surface area contributed by atoms with Crippen LogP contribution in [0.25, 0.3) is 0 Å². The molecule has 0 saturated carbocycles. The number of hydrogen-bond acceptors (Lipinski definition) is 4. The molecule has 0 aromatic rings. The van der Waals surface area contributed by atoms with Crippen LogP contribution in [0.2, 0.25) is 0 Å². The Bertz CT molecular complexity index is 324. The molecule has 0 aliphatic carbocycles. The summed E-state index contributed by atoms with van der Waals surface area (Å²) in [6.45, 7) is 11.4. The summed E-state index contributed by atoms with van der Waals surface area (Å²) < 4.78 is 0. The van der Waals surface area contributed by atoms with Crippen LogP contribution in [0.15, 0.2) is 0 Å². The van der Waals surface area contributed by atoms with Crippen molar-refractivity contribution in [2.75, 3.05) is 28.2 Å². The molecule has 0 aromatic carbocycles. The Labute approximate surface area is 124 Å². The van der Waals surface area contributed by atoms with Crippen molar-refractivity contribution in [1.82, 2.24) is 9.80 Å². The van der Waals surface area contributed by atoms with E-state index in [-0.39, 0.29) is 11.6 Å². The molecule has 0 aliphatic heterocycles. The molecular formula is C16H32N2O2. The van der Waals surface area contributed by atoms with E-state index in [2.05, 4.69) is 0 Å². The van der Waals surface area contributed by atoms with E-state index in [1.54, 1.807) is 0 Å².